The van der Waals surface area contributed by atoms with E-state index in [9.17, 15) is 10.1 Å². The number of hydrazine groups is 1. The van der Waals surface area contributed by atoms with Crippen LogP contribution in [0.3, 0.4) is 0 Å². The lowest BCUT2D eigenvalue weighted by atomic mass is 9.95. The zero-order valence-electron chi connectivity index (χ0n) is 10.1. The standard InChI is InChI=1S/C10H14N6O3/c11-15-10-12-4-7(16(17)18)9(14-10)13-6-3-5-1-2-8(6)19-5/h4-6,8H,1-3,11H2,(H2,12,13,14,15). The largest absolute Gasteiger partial charge is 0.373 e. The SMILES string of the molecule is NNc1ncc([N+](=O)[O-])c(NC2CC3CCC2O3)n1. The number of rotatable bonds is 4. The Bertz CT molecular complexity index is 510. The van der Waals surface area contributed by atoms with Gasteiger partial charge in [0, 0.05) is 0 Å². The van der Waals surface area contributed by atoms with Gasteiger partial charge in [0.2, 0.25) is 11.8 Å². The molecule has 3 atom stereocenters. The van der Waals surface area contributed by atoms with Crippen molar-refractivity contribution in [3.05, 3.63) is 16.3 Å². The number of hydrogen-bond donors (Lipinski definition) is 3. The number of nitrogens with zero attached hydrogens (tertiary/aromatic N) is 3. The first-order valence-electron chi connectivity index (χ1n) is 6.07. The Labute approximate surface area is 108 Å². The Morgan fingerprint density at radius 1 is 1.53 bits per heavy atom. The van der Waals surface area contributed by atoms with Crippen molar-refractivity contribution >= 4 is 17.5 Å². The van der Waals surface area contributed by atoms with E-state index in [1.54, 1.807) is 0 Å². The first-order chi connectivity index (χ1) is 9.17. The Morgan fingerprint density at radius 2 is 2.37 bits per heavy atom. The normalized spacial score (nSPS) is 28.4. The molecule has 0 saturated carbocycles. The van der Waals surface area contributed by atoms with E-state index in [4.69, 9.17) is 10.6 Å². The van der Waals surface area contributed by atoms with E-state index in [0.29, 0.717) is 0 Å². The molecule has 3 heterocycles. The van der Waals surface area contributed by atoms with E-state index in [1.807, 2.05) is 0 Å². The smallest absolute Gasteiger partial charge is 0.329 e. The van der Waals surface area contributed by atoms with Gasteiger partial charge in [-0.05, 0) is 19.3 Å². The lowest BCUT2D eigenvalue weighted by molar-refractivity contribution is -0.384. The molecule has 9 heteroatoms. The lowest BCUT2D eigenvalue weighted by Crippen LogP contribution is -2.31. The molecule has 0 amide bonds. The summed E-state index contributed by atoms with van der Waals surface area (Å²) in [5.41, 5.74) is 2.11. The number of nitrogen functional groups attached to an aromatic ring is 1. The summed E-state index contributed by atoms with van der Waals surface area (Å²) in [5.74, 6) is 5.53. The van der Waals surface area contributed by atoms with Gasteiger partial charge in [-0.15, -0.1) is 0 Å². The van der Waals surface area contributed by atoms with Gasteiger partial charge in [0.15, 0.2) is 0 Å². The number of ether oxygens (including phenoxy) is 1. The van der Waals surface area contributed by atoms with Crippen LogP contribution in [0.4, 0.5) is 17.5 Å². The van der Waals surface area contributed by atoms with Crippen molar-refractivity contribution in [3.63, 3.8) is 0 Å². The van der Waals surface area contributed by atoms with E-state index in [-0.39, 0.29) is 35.7 Å². The second-order valence-corrected chi connectivity index (χ2v) is 4.69. The number of nitrogens with one attached hydrogen (secondary N) is 2. The van der Waals surface area contributed by atoms with Crippen LogP contribution in [0.5, 0.6) is 0 Å². The molecule has 2 fully saturated rings. The summed E-state index contributed by atoms with van der Waals surface area (Å²) in [6.07, 6.45) is 4.38. The second-order valence-electron chi connectivity index (χ2n) is 4.69. The molecule has 2 aliphatic rings. The Kier molecular flexibility index (Phi) is 2.91. The van der Waals surface area contributed by atoms with Crippen LogP contribution >= 0.6 is 0 Å². The van der Waals surface area contributed by atoms with Crippen LogP contribution in [-0.4, -0.2) is 33.1 Å². The second kappa shape index (κ2) is 4.59. The highest BCUT2D eigenvalue weighted by Gasteiger charge is 2.41. The number of anilines is 2. The van der Waals surface area contributed by atoms with E-state index >= 15 is 0 Å². The van der Waals surface area contributed by atoms with Gasteiger partial charge in [0.1, 0.15) is 6.20 Å². The molecule has 9 nitrogen and oxygen atoms in total. The molecule has 102 valence electrons. The minimum absolute atomic E-state index is 0.0537. The summed E-state index contributed by atoms with van der Waals surface area (Å²) < 4.78 is 5.70. The van der Waals surface area contributed by atoms with E-state index in [0.717, 1.165) is 25.5 Å². The van der Waals surface area contributed by atoms with Crippen molar-refractivity contribution in [2.24, 2.45) is 5.84 Å². The molecule has 0 aliphatic carbocycles. The molecular formula is C10H14N6O3. The zero-order valence-corrected chi connectivity index (χ0v) is 10.1. The van der Waals surface area contributed by atoms with Crippen molar-refractivity contribution in [1.82, 2.24) is 9.97 Å². The molecule has 3 rings (SSSR count). The number of nitrogens with two attached hydrogens (primary N) is 1. The van der Waals surface area contributed by atoms with Crippen LogP contribution in [0.1, 0.15) is 19.3 Å². The minimum Gasteiger partial charge on any atom is -0.373 e. The van der Waals surface area contributed by atoms with Crippen molar-refractivity contribution in [2.75, 3.05) is 10.7 Å². The Morgan fingerprint density at radius 3 is 2.95 bits per heavy atom. The van der Waals surface area contributed by atoms with Crippen LogP contribution in [0.15, 0.2) is 6.20 Å². The first kappa shape index (κ1) is 12.1. The molecule has 2 bridgehead atoms. The molecule has 0 aromatic carbocycles. The van der Waals surface area contributed by atoms with Crippen LogP contribution in [0, 0.1) is 10.1 Å². The summed E-state index contributed by atoms with van der Waals surface area (Å²) >= 11 is 0. The van der Waals surface area contributed by atoms with Gasteiger partial charge in [-0.3, -0.25) is 15.5 Å². The highest BCUT2D eigenvalue weighted by Crippen LogP contribution is 2.36. The number of aromatic nitrogens is 2. The number of hydrogen-bond acceptors (Lipinski definition) is 8. The fourth-order valence-electron chi connectivity index (χ4n) is 2.65. The average molecular weight is 266 g/mol. The predicted octanol–water partition coefficient (Wildman–Crippen LogP) is 0.402. The third kappa shape index (κ3) is 2.17. The summed E-state index contributed by atoms with van der Waals surface area (Å²) in [5, 5.41) is 14.0. The average Bonchev–Trinajstić information content (AvgIpc) is 3.00. The van der Waals surface area contributed by atoms with Gasteiger partial charge in [-0.2, -0.15) is 4.98 Å². The highest BCUT2D eigenvalue weighted by molar-refractivity contribution is 5.57. The van der Waals surface area contributed by atoms with Gasteiger partial charge >= 0.3 is 5.69 Å². The third-order valence-corrected chi connectivity index (χ3v) is 3.52. The maximum atomic E-state index is 11.0. The van der Waals surface area contributed by atoms with Crippen LogP contribution in [-0.2, 0) is 4.74 Å². The van der Waals surface area contributed by atoms with Crippen LogP contribution < -0.4 is 16.6 Å². The summed E-state index contributed by atoms with van der Waals surface area (Å²) in [7, 11) is 0. The highest BCUT2D eigenvalue weighted by atomic mass is 16.6. The molecule has 19 heavy (non-hydrogen) atoms. The first-order valence-corrected chi connectivity index (χ1v) is 6.07. The van der Waals surface area contributed by atoms with Crippen LogP contribution in [0.25, 0.3) is 0 Å². The van der Waals surface area contributed by atoms with Gasteiger partial charge in [-0.25, -0.2) is 10.8 Å². The molecule has 2 aliphatic heterocycles. The van der Waals surface area contributed by atoms with Gasteiger partial charge < -0.3 is 10.1 Å². The Hall–Kier alpha value is -2.00. The maximum absolute atomic E-state index is 11.0. The number of nitro groups is 1. The van der Waals surface area contributed by atoms with E-state index in [1.165, 1.54) is 0 Å². The molecular weight excluding hydrogens is 252 g/mol. The fourth-order valence-corrected chi connectivity index (χ4v) is 2.65. The molecule has 1 aromatic heterocycles. The third-order valence-electron chi connectivity index (χ3n) is 3.52. The lowest BCUT2D eigenvalue weighted by Gasteiger charge is -2.20. The molecule has 1 aromatic rings. The molecule has 4 N–H and O–H groups in total. The van der Waals surface area contributed by atoms with Crippen LogP contribution in [0.2, 0.25) is 0 Å². The molecule has 3 unspecified atom stereocenters. The maximum Gasteiger partial charge on any atom is 0.329 e. The van der Waals surface area contributed by atoms with Crippen molar-refractivity contribution < 1.29 is 9.66 Å². The summed E-state index contributed by atoms with van der Waals surface area (Å²) in [4.78, 5) is 18.2. The zero-order chi connectivity index (χ0) is 13.4. The summed E-state index contributed by atoms with van der Waals surface area (Å²) in [6.45, 7) is 0. The number of fused-ring (bicyclic) bond motifs is 2. The minimum atomic E-state index is -0.517. The monoisotopic (exact) mass is 266 g/mol. The van der Waals surface area contributed by atoms with Crippen molar-refractivity contribution in [3.8, 4) is 0 Å². The van der Waals surface area contributed by atoms with Crippen molar-refractivity contribution in [2.45, 2.75) is 37.5 Å². The molecule has 2 saturated heterocycles. The van der Waals surface area contributed by atoms with Crippen molar-refractivity contribution in [1.29, 1.82) is 0 Å². The molecule has 0 spiro atoms. The fraction of sp³-hybridized carbons (Fsp3) is 0.600. The van der Waals surface area contributed by atoms with E-state index < -0.39 is 4.92 Å². The van der Waals surface area contributed by atoms with Gasteiger partial charge in [0.25, 0.3) is 0 Å². The van der Waals surface area contributed by atoms with Gasteiger partial charge in [0.05, 0.1) is 23.2 Å². The topological polar surface area (TPSA) is 128 Å². The van der Waals surface area contributed by atoms with E-state index in [2.05, 4.69) is 20.7 Å². The van der Waals surface area contributed by atoms with Gasteiger partial charge in [-0.1, -0.05) is 0 Å². The Balaban J connectivity index is 1.84. The summed E-state index contributed by atoms with van der Waals surface area (Å²) in [6, 6.07) is 0.0537. The quantitative estimate of drug-likeness (QED) is 0.406. The predicted molar refractivity (Wildman–Crippen MR) is 66.4 cm³/mol. The molecule has 0 radical (unpaired) electrons.